The maximum Gasteiger partial charge on any atom is 0.0846 e. The molecule has 0 aromatic heterocycles. The summed E-state index contributed by atoms with van der Waals surface area (Å²) < 4.78 is 0. The lowest BCUT2D eigenvalue weighted by Gasteiger charge is -2.20. The average molecular weight is 190 g/mol. The first-order chi connectivity index (χ1) is 6.53. The van der Waals surface area contributed by atoms with E-state index in [-0.39, 0.29) is 11.5 Å². The van der Waals surface area contributed by atoms with E-state index in [4.69, 9.17) is 0 Å². The first-order valence-electron chi connectivity index (χ1n) is 5.28. The SMILES string of the molecule is Cc1ccc(C)c(C(O)C2(C)CC2)c1. The second kappa shape index (κ2) is 3.09. The van der Waals surface area contributed by atoms with Crippen LogP contribution in [0.15, 0.2) is 18.2 Å². The molecule has 1 nitrogen and oxygen atoms in total. The standard InChI is InChI=1S/C13H18O/c1-9-4-5-10(2)11(8-9)12(14)13(3)6-7-13/h4-5,8,12,14H,6-7H2,1-3H3. The molecule has 14 heavy (non-hydrogen) atoms. The summed E-state index contributed by atoms with van der Waals surface area (Å²) in [4.78, 5) is 0. The van der Waals surface area contributed by atoms with Gasteiger partial charge in [-0.25, -0.2) is 0 Å². The molecule has 0 bridgehead atoms. The van der Waals surface area contributed by atoms with E-state index in [1.807, 2.05) is 0 Å². The molecule has 0 saturated heterocycles. The molecule has 1 fully saturated rings. The lowest BCUT2D eigenvalue weighted by molar-refractivity contribution is 0.103. The van der Waals surface area contributed by atoms with Crippen molar-refractivity contribution in [2.75, 3.05) is 0 Å². The fourth-order valence-electron chi connectivity index (χ4n) is 1.90. The molecule has 76 valence electrons. The maximum atomic E-state index is 10.2. The molecule has 0 aliphatic heterocycles. The van der Waals surface area contributed by atoms with E-state index >= 15 is 0 Å². The maximum absolute atomic E-state index is 10.2. The third kappa shape index (κ3) is 1.57. The Morgan fingerprint density at radius 2 is 1.93 bits per heavy atom. The third-order valence-corrected chi connectivity index (χ3v) is 3.43. The van der Waals surface area contributed by atoms with Crippen LogP contribution in [-0.2, 0) is 0 Å². The second-order valence-electron chi connectivity index (χ2n) is 4.92. The van der Waals surface area contributed by atoms with Gasteiger partial charge in [-0.2, -0.15) is 0 Å². The van der Waals surface area contributed by atoms with Crippen LogP contribution < -0.4 is 0 Å². The zero-order valence-corrected chi connectivity index (χ0v) is 9.17. The van der Waals surface area contributed by atoms with E-state index < -0.39 is 0 Å². The Labute approximate surface area is 85.8 Å². The molecule has 1 aliphatic carbocycles. The van der Waals surface area contributed by atoms with Crippen molar-refractivity contribution < 1.29 is 5.11 Å². The van der Waals surface area contributed by atoms with E-state index in [1.165, 1.54) is 11.1 Å². The van der Waals surface area contributed by atoms with Crippen molar-refractivity contribution in [3.63, 3.8) is 0 Å². The number of aliphatic hydroxyl groups excluding tert-OH is 1. The highest BCUT2D eigenvalue weighted by Gasteiger charge is 2.45. The van der Waals surface area contributed by atoms with Crippen LogP contribution in [0.4, 0.5) is 0 Å². The normalized spacial score (nSPS) is 20.6. The van der Waals surface area contributed by atoms with Gasteiger partial charge in [0.05, 0.1) is 6.10 Å². The Kier molecular flexibility index (Phi) is 2.15. The molecule has 1 aromatic carbocycles. The van der Waals surface area contributed by atoms with Gasteiger partial charge in [-0.15, -0.1) is 0 Å². The summed E-state index contributed by atoms with van der Waals surface area (Å²) in [5.41, 5.74) is 3.70. The van der Waals surface area contributed by atoms with E-state index in [9.17, 15) is 5.11 Å². The molecule has 1 saturated carbocycles. The van der Waals surface area contributed by atoms with Gasteiger partial charge >= 0.3 is 0 Å². The van der Waals surface area contributed by atoms with Crippen molar-refractivity contribution in [2.24, 2.45) is 5.41 Å². The van der Waals surface area contributed by atoms with Crippen LogP contribution in [0, 0.1) is 19.3 Å². The second-order valence-corrected chi connectivity index (χ2v) is 4.92. The van der Waals surface area contributed by atoms with Crippen LogP contribution in [0.25, 0.3) is 0 Å². The summed E-state index contributed by atoms with van der Waals surface area (Å²) in [6.45, 7) is 6.31. The fourth-order valence-corrected chi connectivity index (χ4v) is 1.90. The highest BCUT2D eigenvalue weighted by molar-refractivity contribution is 5.34. The molecule has 1 atom stereocenters. The first-order valence-corrected chi connectivity index (χ1v) is 5.28. The molecule has 2 rings (SSSR count). The van der Waals surface area contributed by atoms with Gasteiger partial charge in [-0.1, -0.05) is 30.7 Å². The summed E-state index contributed by atoms with van der Waals surface area (Å²) in [5.74, 6) is 0. The van der Waals surface area contributed by atoms with Gasteiger partial charge in [0.25, 0.3) is 0 Å². The molecule has 0 amide bonds. The minimum Gasteiger partial charge on any atom is -0.388 e. The minimum atomic E-state index is -0.276. The van der Waals surface area contributed by atoms with Gasteiger partial charge < -0.3 is 5.11 Å². The summed E-state index contributed by atoms with van der Waals surface area (Å²) in [7, 11) is 0. The van der Waals surface area contributed by atoms with Gasteiger partial charge in [0.15, 0.2) is 0 Å². The highest BCUT2D eigenvalue weighted by Crippen LogP contribution is 2.54. The Balaban J connectivity index is 2.35. The predicted molar refractivity (Wildman–Crippen MR) is 58.2 cm³/mol. The predicted octanol–water partition coefficient (Wildman–Crippen LogP) is 3.14. The van der Waals surface area contributed by atoms with Crippen LogP contribution in [0.5, 0.6) is 0 Å². The highest BCUT2D eigenvalue weighted by atomic mass is 16.3. The van der Waals surface area contributed by atoms with Gasteiger partial charge in [0, 0.05) is 0 Å². The molecule has 0 heterocycles. The van der Waals surface area contributed by atoms with Gasteiger partial charge in [0.1, 0.15) is 0 Å². The Hall–Kier alpha value is -0.820. The van der Waals surface area contributed by atoms with Crippen molar-refractivity contribution in [1.82, 2.24) is 0 Å². The molecule has 1 aromatic rings. The van der Waals surface area contributed by atoms with E-state index in [0.717, 1.165) is 18.4 Å². The Morgan fingerprint density at radius 3 is 2.50 bits per heavy atom. The molecule has 1 heteroatoms. The van der Waals surface area contributed by atoms with Crippen molar-refractivity contribution in [3.05, 3.63) is 34.9 Å². The third-order valence-electron chi connectivity index (χ3n) is 3.43. The van der Waals surface area contributed by atoms with E-state index in [0.29, 0.717) is 0 Å². The zero-order valence-electron chi connectivity index (χ0n) is 9.17. The Bertz CT molecular complexity index is 350. The van der Waals surface area contributed by atoms with Crippen LogP contribution in [0.3, 0.4) is 0 Å². The van der Waals surface area contributed by atoms with Crippen molar-refractivity contribution in [1.29, 1.82) is 0 Å². The number of aryl methyl sites for hydroxylation is 2. The topological polar surface area (TPSA) is 20.2 Å². The van der Waals surface area contributed by atoms with Crippen molar-refractivity contribution in [3.8, 4) is 0 Å². The summed E-state index contributed by atoms with van der Waals surface area (Å²) in [5, 5.41) is 10.2. The molecule has 1 N–H and O–H groups in total. The zero-order chi connectivity index (χ0) is 10.3. The number of benzene rings is 1. The molecular weight excluding hydrogens is 172 g/mol. The first kappa shape index (κ1) is 9.72. The van der Waals surface area contributed by atoms with Crippen molar-refractivity contribution >= 4 is 0 Å². The molecule has 0 spiro atoms. The van der Waals surface area contributed by atoms with Crippen molar-refractivity contribution in [2.45, 2.75) is 39.7 Å². The van der Waals surface area contributed by atoms with Gasteiger partial charge in [-0.05, 0) is 43.2 Å². The van der Waals surface area contributed by atoms with E-state index in [1.54, 1.807) is 0 Å². The quantitative estimate of drug-likeness (QED) is 0.759. The van der Waals surface area contributed by atoms with Crippen LogP contribution in [0.1, 0.15) is 42.6 Å². The minimum absolute atomic E-state index is 0.151. The van der Waals surface area contributed by atoms with E-state index in [2.05, 4.69) is 39.0 Å². The number of aliphatic hydroxyl groups is 1. The largest absolute Gasteiger partial charge is 0.388 e. The van der Waals surface area contributed by atoms with Gasteiger partial charge in [0.2, 0.25) is 0 Å². The number of rotatable bonds is 2. The molecule has 1 aliphatic rings. The average Bonchev–Trinajstić information content (AvgIpc) is 2.88. The fraction of sp³-hybridized carbons (Fsp3) is 0.538. The number of hydrogen-bond acceptors (Lipinski definition) is 1. The summed E-state index contributed by atoms with van der Waals surface area (Å²) in [6, 6.07) is 6.31. The summed E-state index contributed by atoms with van der Waals surface area (Å²) >= 11 is 0. The monoisotopic (exact) mass is 190 g/mol. The lowest BCUT2D eigenvalue weighted by Crippen LogP contribution is -2.11. The summed E-state index contributed by atoms with van der Waals surface area (Å²) in [6.07, 6.45) is 2.03. The van der Waals surface area contributed by atoms with Crippen LogP contribution in [0.2, 0.25) is 0 Å². The smallest absolute Gasteiger partial charge is 0.0846 e. The number of hydrogen-bond donors (Lipinski definition) is 1. The Morgan fingerprint density at radius 1 is 1.29 bits per heavy atom. The molecule has 0 radical (unpaired) electrons. The van der Waals surface area contributed by atoms with Crippen LogP contribution in [-0.4, -0.2) is 5.11 Å². The molecular formula is C13H18O. The lowest BCUT2D eigenvalue weighted by atomic mass is 9.91. The molecule has 1 unspecified atom stereocenters. The van der Waals surface area contributed by atoms with Gasteiger partial charge in [-0.3, -0.25) is 0 Å². The van der Waals surface area contributed by atoms with Crippen LogP contribution >= 0.6 is 0 Å².